The number of hydrogen-bond donors (Lipinski definition) is 2. The lowest BCUT2D eigenvalue weighted by Gasteiger charge is -2.15. The van der Waals surface area contributed by atoms with Crippen LogP contribution in [0.15, 0.2) is 18.3 Å². The Labute approximate surface area is 109 Å². The zero-order valence-corrected chi connectivity index (χ0v) is 11.3. The van der Waals surface area contributed by atoms with Crippen LogP contribution < -0.4 is 10.5 Å². The molecule has 18 heavy (non-hydrogen) atoms. The number of nitrogens with one attached hydrogen (secondary N) is 1. The highest BCUT2D eigenvalue weighted by molar-refractivity contribution is 5.96. The van der Waals surface area contributed by atoms with Crippen molar-refractivity contribution in [3.05, 3.63) is 23.9 Å². The Morgan fingerprint density at radius 1 is 1.44 bits per heavy atom. The van der Waals surface area contributed by atoms with E-state index in [0.29, 0.717) is 11.4 Å². The van der Waals surface area contributed by atoms with Crippen molar-refractivity contribution < 1.29 is 4.74 Å². The molecule has 100 valence electrons. The number of aromatic nitrogens is 1. The quantitative estimate of drug-likeness (QED) is 0.422. The van der Waals surface area contributed by atoms with Crippen LogP contribution in [-0.2, 0) is 0 Å². The van der Waals surface area contributed by atoms with E-state index >= 15 is 0 Å². The minimum absolute atomic E-state index is 0.00344. The van der Waals surface area contributed by atoms with Gasteiger partial charge in [-0.05, 0) is 31.9 Å². The molecular weight excluding hydrogens is 226 g/mol. The van der Waals surface area contributed by atoms with Gasteiger partial charge in [-0.1, -0.05) is 26.2 Å². The summed E-state index contributed by atoms with van der Waals surface area (Å²) in [6.07, 6.45) is 7.69. The Morgan fingerprint density at radius 2 is 2.22 bits per heavy atom. The van der Waals surface area contributed by atoms with E-state index in [-0.39, 0.29) is 11.9 Å². The molecule has 1 atom stereocenters. The van der Waals surface area contributed by atoms with Gasteiger partial charge in [0.1, 0.15) is 5.84 Å². The van der Waals surface area contributed by atoms with Crippen LogP contribution in [0.5, 0.6) is 5.88 Å². The van der Waals surface area contributed by atoms with Gasteiger partial charge in [-0.2, -0.15) is 0 Å². The van der Waals surface area contributed by atoms with Gasteiger partial charge in [0.05, 0.1) is 11.7 Å². The zero-order chi connectivity index (χ0) is 13.4. The second kappa shape index (κ2) is 7.69. The molecule has 0 radical (unpaired) electrons. The van der Waals surface area contributed by atoms with E-state index in [1.54, 1.807) is 18.3 Å². The van der Waals surface area contributed by atoms with E-state index in [4.69, 9.17) is 15.9 Å². The van der Waals surface area contributed by atoms with Crippen molar-refractivity contribution in [3.63, 3.8) is 0 Å². The number of pyridine rings is 1. The molecule has 4 heteroatoms. The van der Waals surface area contributed by atoms with E-state index in [1.807, 2.05) is 6.92 Å². The van der Waals surface area contributed by atoms with Crippen LogP contribution in [0.3, 0.4) is 0 Å². The molecule has 1 aromatic rings. The average molecular weight is 249 g/mol. The average Bonchev–Trinajstić information content (AvgIpc) is 2.35. The lowest BCUT2D eigenvalue weighted by atomic mass is 10.1. The fraction of sp³-hybridized carbons (Fsp3) is 0.571. The van der Waals surface area contributed by atoms with Crippen LogP contribution in [0.1, 0.15) is 51.5 Å². The Kier molecular flexibility index (Phi) is 6.19. The van der Waals surface area contributed by atoms with Gasteiger partial charge in [0.25, 0.3) is 0 Å². The normalized spacial score (nSPS) is 12.1. The second-order valence-electron chi connectivity index (χ2n) is 4.55. The fourth-order valence-corrected chi connectivity index (χ4v) is 1.80. The Morgan fingerprint density at radius 3 is 2.89 bits per heavy atom. The van der Waals surface area contributed by atoms with Crippen LogP contribution in [0.25, 0.3) is 0 Å². The van der Waals surface area contributed by atoms with Gasteiger partial charge in [-0.15, -0.1) is 0 Å². The summed E-state index contributed by atoms with van der Waals surface area (Å²) in [5, 5.41) is 7.47. The summed E-state index contributed by atoms with van der Waals surface area (Å²) in [7, 11) is 0. The van der Waals surface area contributed by atoms with Crippen molar-refractivity contribution in [2.45, 2.75) is 52.1 Å². The molecule has 0 saturated heterocycles. The van der Waals surface area contributed by atoms with Crippen molar-refractivity contribution in [1.29, 1.82) is 5.41 Å². The lowest BCUT2D eigenvalue weighted by molar-refractivity contribution is 0.198. The molecule has 0 fully saturated rings. The number of rotatable bonds is 8. The van der Waals surface area contributed by atoms with E-state index in [0.717, 1.165) is 12.8 Å². The maximum absolute atomic E-state index is 7.47. The predicted octanol–water partition coefficient (Wildman–Crippen LogP) is 3.10. The maximum Gasteiger partial charge on any atom is 0.224 e. The molecule has 0 amide bonds. The Bertz CT molecular complexity index is 379. The molecule has 0 saturated carbocycles. The summed E-state index contributed by atoms with van der Waals surface area (Å²) < 4.78 is 5.76. The van der Waals surface area contributed by atoms with Crippen molar-refractivity contribution in [2.75, 3.05) is 0 Å². The third-order valence-electron chi connectivity index (χ3n) is 2.84. The maximum atomic E-state index is 7.47. The van der Waals surface area contributed by atoms with E-state index < -0.39 is 0 Å². The summed E-state index contributed by atoms with van der Waals surface area (Å²) in [6, 6.07) is 3.52. The van der Waals surface area contributed by atoms with Crippen molar-refractivity contribution in [3.8, 4) is 5.88 Å². The Balaban J connectivity index is 2.48. The van der Waals surface area contributed by atoms with Crippen LogP contribution in [0, 0.1) is 5.41 Å². The third kappa shape index (κ3) is 4.73. The van der Waals surface area contributed by atoms with Crippen LogP contribution in [0.4, 0.5) is 0 Å². The first-order valence-corrected chi connectivity index (χ1v) is 6.61. The predicted molar refractivity (Wildman–Crippen MR) is 74.1 cm³/mol. The highest BCUT2D eigenvalue weighted by Gasteiger charge is 2.11. The topological polar surface area (TPSA) is 72.0 Å². The lowest BCUT2D eigenvalue weighted by Crippen LogP contribution is -2.18. The molecule has 1 unspecified atom stereocenters. The standard InChI is InChI=1S/C14H23N3O/c1-3-4-5-6-8-11(2)18-14-12(13(15)16)9-7-10-17-14/h7,9-11H,3-6,8H2,1-2H3,(H3,15,16). The molecule has 0 aliphatic carbocycles. The molecule has 1 aromatic heterocycles. The first kappa shape index (κ1) is 14.5. The summed E-state index contributed by atoms with van der Waals surface area (Å²) in [4.78, 5) is 4.14. The third-order valence-corrected chi connectivity index (χ3v) is 2.84. The van der Waals surface area contributed by atoms with Crippen LogP contribution >= 0.6 is 0 Å². The molecule has 0 aliphatic heterocycles. The molecule has 1 heterocycles. The number of unbranched alkanes of at least 4 members (excludes halogenated alkanes) is 3. The number of hydrogen-bond acceptors (Lipinski definition) is 3. The minimum atomic E-state index is -0.00344. The van der Waals surface area contributed by atoms with Gasteiger partial charge in [0.15, 0.2) is 0 Å². The monoisotopic (exact) mass is 249 g/mol. The minimum Gasteiger partial charge on any atom is -0.474 e. The molecule has 3 N–H and O–H groups in total. The number of amidine groups is 1. The molecular formula is C14H23N3O. The summed E-state index contributed by atoms with van der Waals surface area (Å²) in [6.45, 7) is 4.23. The number of nitrogens with two attached hydrogens (primary N) is 1. The van der Waals surface area contributed by atoms with Crippen molar-refractivity contribution >= 4 is 5.84 Å². The van der Waals surface area contributed by atoms with Gasteiger partial charge in [0, 0.05) is 6.20 Å². The van der Waals surface area contributed by atoms with Gasteiger partial charge < -0.3 is 10.5 Å². The van der Waals surface area contributed by atoms with Crippen molar-refractivity contribution in [2.24, 2.45) is 5.73 Å². The van der Waals surface area contributed by atoms with Gasteiger partial charge in [-0.25, -0.2) is 4.98 Å². The summed E-state index contributed by atoms with van der Waals surface area (Å²) in [5.41, 5.74) is 6.06. The van der Waals surface area contributed by atoms with Crippen LogP contribution in [-0.4, -0.2) is 16.9 Å². The number of nitrogens with zero attached hydrogens (tertiary/aromatic N) is 1. The number of ether oxygens (including phenoxy) is 1. The van der Waals surface area contributed by atoms with Gasteiger partial charge in [-0.3, -0.25) is 5.41 Å². The van der Waals surface area contributed by atoms with E-state index in [9.17, 15) is 0 Å². The molecule has 0 spiro atoms. The van der Waals surface area contributed by atoms with E-state index in [1.165, 1.54) is 19.3 Å². The smallest absolute Gasteiger partial charge is 0.224 e. The highest BCUT2D eigenvalue weighted by atomic mass is 16.5. The largest absolute Gasteiger partial charge is 0.474 e. The molecule has 1 rings (SSSR count). The second-order valence-corrected chi connectivity index (χ2v) is 4.55. The summed E-state index contributed by atoms with van der Waals surface area (Å²) in [5.74, 6) is 0.462. The highest BCUT2D eigenvalue weighted by Crippen LogP contribution is 2.17. The molecule has 0 aromatic carbocycles. The molecule has 4 nitrogen and oxygen atoms in total. The zero-order valence-electron chi connectivity index (χ0n) is 11.3. The van der Waals surface area contributed by atoms with Crippen molar-refractivity contribution in [1.82, 2.24) is 4.98 Å². The Hall–Kier alpha value is -1.58. The van der Waals surface area contributed by atoms with Gasteiger partial charge in [0.2, 0.25) is 5.88 Å². The SMILES string of the molecule is CCCCCCC(C)Oc1ncccc1C(=N)N. The van der Waals surface area contributed by atoms with E-state index in [2.05, 4.69) is 11.9 Å². The molecule has 0 bridgehead atoms. The number of nitrogen functional groups attached to an aromatic ring is 1. The summed E-state index contributed by atoms with van der Waals surface area (Å²) >= 11 is 0. The first-order chi connectivity index (χ1) is 8.65. The molecule has 0 aliphatic rings. The van der Waals surface area contributed by atoms with Gasteiger partial charge >= 0.3 is 0 Å². The fourth-order valence-electron chi connectivity index (χ4n) is 1.80. The van der Waals surface area contributed by atoms with Crippen LogP contribution in [0.2, 0.25) is 0 Å². The first-order valence-electron chi connectivity index (χ1n) is 6.61.